The summed E-state index contributed by atoms with van der Waals surface area (Å²) >= 11 is 0. The molecular formula is C7H10O5. The van der Waals surface area contributed by atoms with Crippen molar-refractivity contribution in [2.75, 3.05) is 0 Å². The highest BCUT2D eigenvalue weighted by Crippen LogP contribution is 2.11. The van der Waals surface area contributed by atoms with E-state index in [4.69, 9.17) is 10.2 Å². The van der Waals surface area contributed by atoms with Crippen LogP contribution < -0.4 is 0 Å². The Morgan fingerprint density at radius 1 is 1.17 bits per heavy atom. The van der Waals surface area contributed by atoms with Crippen LogP contribution in [-0.2, 0) is 14.4 Å². The Bertz CT molecular complexity index is 170. The topological polar surface area (TPSA) is 91.7 Å². The monoisotopic (exact) mass is 174 g/mol. The van der Waals surface area contributed by atoms with Gasteiger partial charge < -0.3 is 15.0 Å². The molecule has 5 nitrogen and oxygen atoms in total. The van der Waals surface area contributed by atoms with Crippen molar-refractivity contribution in [2.45, 2.75) is 19.3 Å². The molecule has 5 heteroatoms. The van der Waals surface area contributed by atoms with Crippen molar-refractivity contribution in [3.8, 4) is 0 Å². The highest BCUT2D eigenvalue weighted by Gasteiger charge is 2.15. The number of carbonyl (C=O) groups excluding carboxylic acids is 1. The lowest BCUT2D eigenvalue weighted by Crippen LogP contribution is -2.12. The molecule has 2 N–H and O–H groups in total. The molecule has 68 valence electrons. The van der Waals surface area contributed by atoms with Gasteiger partial charge in [-0.1, -0.05) is 0 Å². The molecule has 0 rings (SSSR count). The minimum Gasteiger partial charge on any atom is -0.481 e. The lowest BCUT2D eigenvalue weighted by Gasteiger charge is -2.06. The van der Waals surface area contributed by atoms with E-state index in [0.29, 0.717) is 6.29 Å². The predicted molar refractivity (Wildman–Crippen MR) is 38.7 cm³/mol. The van der Waals surface area contributed by atoms with Crippen molar-refractivity contribution in [3.63, 3.8) is 0 Å². The van der Waals surface area contributed by atoms with Crippen LogP contribution in [0, 0.1) is 5.92 Å². The zero-order valence-corrected chi connectivity index (χ0v) is 6.40. The van der Waals surface area contributed by atoms with Gasteiger partial charge in [0.1, 0.15) is 6.29 Å². The van der Waals surface area contributed by atoms with Gasteiger partial charge in [0.25, 0.3) is 0 Å². The Labute approximate surface area is 69.0 Å². The van der Waals surface area contributed by atoms with Gasteiger partial charge >= 0.3 is 11.9 Å². The van der Waals surface area contributed by atoms with E-state index in [-0.39, 0.29) is 19.3 Å². The van der Waals surface area contributed by atoms with Crippen LogP contribution in [0.1, 0.15) is 19.3 Å². The number of carboxylic acids is 2. The highest BCUT2D eigenvalue weighted by atomic mass is 16.4. The molecule has 0 saturated heterocycles. The van der Waals surface area contributed by atoms with Gasteiger partial charge in [-0.15, -0.1) is 0 Å². The molecule has 0 spiro atoms. The summed E-state index contributed by atoms with van der Waals surface area (Å²) in [6, 6.07) is 0. The van der Waals surface area contributed by atoms with Crippen LogP contribution in [0.4, 0.5) is 0 Å². The van der Waals surface area contributed by atoms with Crippen LogP contribution in [0.25, 0.3) is 0 Å². The first-order valence-electron chi connectivity index (χ1n) is 3.43. The number of hydrogen-bond acceptors (Lipinski definition) is 3. The van der Waals surface area contributed by atoms with Gasteiger partial charge in [0, 0.05) is 19.3 Å². The Kier molecular flexibility index (Phi) is 4.67. The SMILES string of the molecule is O=CCC(CC(=O)O)CC(=O)O. The fourth-order valence-corrected chi connectivity index (χ4v) is 0.869. The van der Waals surface area contributed by atoms with E-state index in [0.717, 1.165) is 0 Å². The molecule has 0 radical (unpaired) electrons. The minimum absolute atomic E-state index is 0.0153. The number of hydrogen-bond donors (Lipinski definition) is 2. The average molecular weight is 174 g/mol. The van der Waals surface area contributed by atoms with Gasteiger partial charge in [0.2, 0.25) is 0 Å². The standard InChI is InChI=1S/C7H10O5/c8-2-1-5(3-6(9)10)4-7(11)12/h2,5H,1,3-4H2,(H,9,10)(H,11,12). The molecule has 0 fully saturated rings. The molecule has 0 aliphatic rings. The number of aldehydes is 1. The van der Waals surface area contributed by atoms with Crippen molar-refractivity contribution in [2.24, 2.45) is 5.92 Å². The van der Waals surface area contributed by atoms with E-state index in [1.165, 1.54) is 0 Å². The summed E-state index contributed by atoms with van der Waals surface area (Å²) in [4.78, 5) is 30.3. The van der Waals surface area contributed by atoms with E-state index < -0.39 is 17.9 Å². The second-order valence-electron chi connectivity index (χ2n) is 2.46. The summed E-state index contributed by atoms with van der Waals surface area (Å²) in [6.45, 7) is 0. The van der Waals surface area contributed by atoms with E-state index in [9.17, 15) is 14.4 Å². The second kappa shape index (κ2) is 5.29. The van der Waals surface area contributed by atoms with Gasteiger partial charge in [-0.2, -0.15) is 0 Å². The highest BCUT2D eigenvalue weighted by molar-refractivity contribution is 5.71. The third-order valence-electron chi connectivity index (χ3n) is 1.36. The van der Waals surface area contributed by atoms with E-state index >= 15 is 0 Å². The summed E-state index contributed by atoms with van der Waals surface area (Å²) in [6.07, 6.45) is -0.0226. The van der Waals surface area contributed by atoms with Crippen molar-refractivity contribution >= 4 is 18.2 Å². The quantitative estimate of drug-likeness (QED) is 0.559. The van der Waals surface area contributed by atoms with Crippen molar-refractivity contribution in [3.05, 3.63) is 0 Å². The first kappa shape index (κ1) is 10.6. The van der Waals surface area contributed by atoms with Crippen molar-refractivity contribution in [1.29, 1.82) is 0 Å². The smallest absolute Gasteiger partial charge is 0.303 e. The van der Waals surface area contributed by atoms with Crippen LogP contribution in [0.2, 0.25) is 0 Å². The number of rotatable bonds is 6. The Balaban J connectivity index is 3.93. The first-order chi connectivity index (χ1) is 5.56. The second-order valence-corrected chi connectivity index (χ2v) is 2.46. The molecule has 0 heterocycles. The number of carbonyl (C=O) groups is 3. The number of aliphatic carboxylic acids is 2. The largest absolute Gasteiger partial charge is 0.481 e. The van der Waals surface area contributed by atoms with Crippen LogP contribution >= 0.6 is 0 Å². The molecule has 0 unspecified atom stereocenters. The van der Waals surface area contributed by atoms with E-state index in [2.05, 4.69) is 0 Å². The van der Waals surface area contributed by atoms with Gasteiger partial charge in [-0.05, 0) is 5.92 Å². The third kappa shape index (κ3) is 5.40. The summed E-state index contributed by atoms with van der Waals surface area (Å²) < 4.78 is 0. The Morgan fingerprint density at radius 3 is 1.83 bits per heavy atom. The lowest BCUT2D eigenvalue weighted by atomic mass is 9.99. The summed E-state index contributed by atoms with van der Waals surface area (Å²) in [7, 11) is 0. The van der Waals surface area contributed by atoms with E-state index in [1.54, 1.807) is 0 Å². The van der Waals surface area contributed by atoms with Crippen molar-refractivity contribution in [1.82, 2.24) is 0 Å². The fourth-order valence-electron chi connectivity index (χ4n) is 0.869. The van der Waals surface area contributed by atoms with Crippen LogP contribution in [0.3, 0.4) is 0 Å². The van der Waals surface area contributed by atoms with Crippen LogP contribution in [0.5, 0.6) is 0 Å². The van der Waals surface area contributed by atoms with Gasteiger partial charge in [-0.3, -0.25) is 9.59 Å². The van der Waals surface area contributed by atoms with Crippen LogP contribution in [-0.4, -0.2) is 28.4 Å². The molecule has 0 aromatic carbocycles. The first-order valence-corrected chi connectivity index (χ1v) is 3.43. The molecule has 0 aromatic heterocycles. The molecule has 0 atom stereocenters. The lowest BCUT2D eigenvalue weighted by molar-refractivity contribution is -0.140. The summed E-state index contributed by atoms with van der Waals surface area (Å²) in [5.41, 5.74) is 0. The van der Waals surface area contributed by atoms with Crippen LogP contribution in [0.15, 0.2) is 0 Å². The molecule has 12 heavy (non-hydrogen) atoms. The van der Waals surface area contributed by atoms with Crippen molar-refractivity contribution < 1.29 is 24.6 Å². The normalized spacial score (nSPS) is 9.75. The van der Waals surface area contributed by atoms with Gasteiger partial charge in [0.15, 0.2) is 0 Å². The summed E-state index contributed by atoms with van der Waals surface area (Å²) in [5.74, 6) is -2.75. The third-order valence-corrected chi connectivity index (χ3v) is 1.36. The summed E-state index contributed by atoms with van der Waals surface area (Å²) in [5, 5.41) is 16.6. The molecule has 0 aliphatic heterocycles. The maximum atomic E-state index is 10.2. The minimum atomic E-state index is -1.08. The van der Waals surface area contributed by atoms with Gasteiger partial charge in [0.05, 0.1) is 0 Å². The Morgan fingerprint density at radius 2 is 1.58 bits per heavy atom. The molecule has 0 amide bonds. The maximum Gasteiger partial charge on any atom is 0.303 e. The number of carboxylic acid groups (broad SMARTS) is 2. The zero-order valence-electron chi connectivity index (χ0n) is 6.40. The molecule has 0 aliphatic carbocycles. The fraction of sp³-hybridized carbons (Fsp3) is 0.571. The Hall–Kier alpha value is -1.39. The average Bonchev–Trinajstić information content (AvgIpc) is 1.84. The zero-order chi connectivity index (χ0) is 9.56. The molecule has 0 aromatic rings. The van der Waals surface area contributed by atoms with E-state index in [1.807, 2.05) is 0 Å². The maximum absolute atomic E-state index is 10.2. The molecular weight excluding hydrogens is 164 g/mol. The molecule has 0 bridgehead atoms. The predicted octanol–water partition coefficient (Wildman–Crippen LogP) is 0.141. The molecule has 0 saturated carbocycles. The van der Waals surface area contributed by atoms with Gasteiger partial charge in [-0.25, -0.2) is 0 Å².